The van der Waals surface area contributed by atoms with Crippen molar-refractivity contribution in [3.8, 4) is 17.0 Å². The number of aromatic nitrogens is 2. The van der Waals surface area contributed by atoms with Crippen LogP contribution in [0.5, 0.6) is 5.75 Å². The van der Waals surface area contributed by atoms with Gasteiger partial charge in [0.25, 0.3) is 0 Å². The Balaban J connectivity index is 1.80. The molecule has 0 unspecified atom stereocenters. The lowest BCUT2D eigenvalue weighted by Crippen LogP contribution is -2.43. The highest BCUT2D eigenvalue weighted by Crippen LogP contribution is 2.38. The van der Waals surface area contributed by atoms with Crippen LogP contribution >= 0.6 is 0 Å². The molecule has 0 aliphatic carbocycles. The second-order valence-corrected chi connectivity index (χ2v) is 10.5. The molecule has 0 radical (unpaired) electrons. The first kappa shape index (κ1) is 29.9. The van der Waals surface area contributed by atoms with Crippen molar-refractivity contribution >= 4 is 17.9 Å². The van der Waals surface area contributed by atoms with Crippen LogP contribution < -0.4 is 11.1 Å². The minimum atomic E-state index is -4.62. The molecule has 0 bridgehead atoms. The van der Waals surface area contributed by atoms with Crippen LogP contribution in [0.15, 0.2) is 18.2 Å². The summed E-state index contributed by atoms with van der Waals surface area (Å²) >= 11 is 0. The van der Waals surface area contributed by atoms with E-state index >= 15 is 0 Å². The minimum Gasteiger partial charge on any atom is -0.507 e. The number of aromatic hydroxyl groups is 1. The summed E-state index contributed by atoms with van der Waals surface area (Å²) in [5.41, 5.74) is 4.66. The lowest BCUT2D eigenvalue weighted by molar-refractivity contribution is -0.155. The molecule has 1 aliphatic heterocycles. The van der Waals surface area contributed by atoms with E-state index in [1.54, 1.807) is 6.92 Å². The number of primary amides is 1. The van der Waals surface area contributed by atoms with Crippen LogP contribution in [-0.4, -0.2) is 63.5 Å². The second-order valence-electron chi connectivity index (χ2n) is 10.5. The van der Waals surface area contributed by atoms with Crippen LogP contribution in [0.2, 0.25) is 0 Å². The summed E-state index contributed by atoms with van der Waals surface area (Å²) in [6.07, 6.45) is -3.70. The number of nitrogens with zero attached hydrogens (tertiary/aromatic N) is 3. The molecule has 4 N–H and O–H groups in total. The van der Waals surface area contributed by atoms with Crippen LogP contribution in [0.1, 0.15) is 56.7 Å². The monoisotopic (exact) mass is 553 g/mol. The van der Waals surface area contributed by atoms with Crippen molar-refractivity contribution in [2.75, 3.05) is 25.0 Å². The molecule has 1 aromatic carbocycles. The van der Waals surface area contributed by atoms with Crippen molar-refractivity contribution < 1.29 is 37.3 Å². The largest absolute Gasteiger partial charge is 0.507 e. The number of phenolic OH excluding ortho intramolecular Hbond substituents is 1. The van der Waals surface area contributed by atoms with Gasteiger partial charge in [0.2, 0.25) is 0 Å². The number of likely N-dealkylation sites (tertiary alicyclic amines) is 1. The van der Waals surface area contributed by atoms with E-state index in [4.69, 9.17) is 15.2 Å². The number of benzene rings is 1. The van der Waals surface area contributed by atoms with Gasteiger partial charge in [0, 0.05) is 30.3 Å². The SMILES string of the molecule is Cc1c(-c2ccc(C(F)(F)F)cc2O)nnc(N[C@@H]2CCCN(CCC(=O)OC(C)(C)C)C2)c1COC(N)=O. The second kappa shape index (κ2) is 12.1. The zero-order valence-corrected chi connectivity index (χ0v) is 22.4. The number of halogens is 3. The third-order valence-corrected chi connectivity index (χ3v) is 6.18. The molecule has 1 aliphatic rings. The summed E-state index contributed by atoms with van der Waals surface area (Å²) < 4.78 is 49.5. The van der Waals surface area contributed by atoms with Gasteiger partial charge in [0.15, 0.2) is 5.82 Å². The van der Waals surface area contributed by atoms with Gasteiger partial charge in [-0.15, -0.1) is 10.2 Å². The van der Waals surface area contributed by atoms with Gasteiger partial charge in [-0.2, -0.15) is 13.2 Å². The number of carbonyl (C=O) groups is 2. The number of phenols is 1. The Morgan fingerprint density at radius 3 is 2.56 bits per heavy atom. The summed E-state index contributed by atoms with van der Waals surface area (Å²) in [5, 5.41) is 22.0. The number of nitrogens with two attached hydrogens (primary N) is 1. The standard InChI is InChI=1S/C26H34F3N5O5/c1-15-19(14-38-24(30)37)23(33-32-22(15)18-8-7-16(12-20(18)35)26(27,28)29)31-17-6-5-10-34(13-17)11-9-21(36)39-25(2,3)4/h7-8,12,17,35H,5-6,9-11,13-14H2,1-4H3,(H2,30,37)(H,31,33)/t17-/m1/s1. The average Bonchev–Trinajstić information content (AvgIpc) is 2.81. The molecule has 39 heavy (non-hydrogen) atoms. The van der Waals surface area contributed by atoms with Crippen molar-refractivity contribution in [1.82, 2.24) is 15.1 Å². The molecular weight excluding hydrogens is 519 g/mol. The number of nitrogens with one attached hydrogen (secondary N) is 1. The van der Waals surface area contributed by atoms with E-state index < -0.39 is 29.2 Å². The summed E-state index contributed by atoms with van der Waals surface area (Å²) in [6, 6.07) is 2.51. The van der Waals surface area contributed by atoms with Crippen LogP contribution in [0.4, 0.5) is 23.8 Å². The predicted molar refractivity (Wildman–Crippen MR) is 137 cm³/mol. The molecule has 2 aromatic rings. The smallest absolute Gasteiger partial charge is 0.416 e. The van der Waals surface area contributed by atoms with E-state index in [1.165, 1.54) is 0 Å². The Labute approximate surface area is 224 Å². The summed E-state index contributed by atoms with van der Waals surface area (Å²) in [4.78, 5) is 25.6. The van der Waals surface area contributed by atoms with Gasteiger partial charge in [-0.3, -0.25) is 4.79 Å². The van der Waals surface area contributed by atoms with Crippen molar-refractivity contribution in [3.63, 3.8) is 0 Å². The molecule has 1 amide bonds. The number of carbonyl (C=O) groups excluding carboxylic acids is 2. The fourth-order valence-corrected chi connectivity index (χ4v) is 4.37. The Morgan fingerprint density at radius 2 is 1.95 bits per heavy atom. The summed E-state index contributed by atoms with van der Waals surface area (Å²) in [6.45, 7) is 8.79. The molecule has 13 heteroatoms. The normalized spacial score (nSPS) is 16.5. The minimum absolute atomic E-state index is 0.0471. The van der Waals surface area contributed by atoms with E-state index in [2.05, 4.69) is 20.4 Å². The highest BCUT2D eigenvalue weighted by molar-refractivity contribution is 5.73. The molecular formula is C26H34F3N5O5. The highest BCUT2D eigenvalue weighted by atomic mass is 19.4. The third kappa shape index (κ3) is 8.44. The molecule has 1 atom stereocenters. The van der Waals surface area contributed by atoms with E-state index in [9.17, 15) is 27.9 Å². The van der Waals surface area contributed by atoms with E-state index in [-0.39, 0.29) is 36.3 Å². The van der Waals surface area contributed by atoms with Crippen LogP contribution in [0, 0.1) is 6.92 Å². The van der Waals surface area contributed by atoms with Gasteiger partial charge >= 0.3 is 18.2 Å². The molecule has 10 nitrogen and oxygen atoms in total. The number of ether oxygens (including phenoxy) is 2. The maximum Gasteiger partial charge on any atom is 0.416 e. The predicted octanol–water partition coefficient (Wildman–Crippen LogP) is 4.38. The van der Waals surface area contributed by atoms with Gasteiger partial charge in [-0.1, -0.05) is 0 Å². The van der Waals surface area contributed by atoms with Gasteiger partial charge in [0.1, 0.15) is 23.7 Å². The summed E-state index contributed by atoms with van der Waals surface area (Å²) in [7, 11) is 0. The van der Waals surface area contributed by atoms with Crippen LogP contribution in [0.3, 0.4) is 0 Å². The molecule has 1 fully saturated rings. The van der Waals surface area contributed by atoms with Crippen molar-refractivity contribution in [1.29, 1.82) is 0 Å². The van der Waals surface area contributed by atoms with Crippen molar-refractivity contribution in [2.24, 2.45) is 5.73 Å². The molecule has 0 spiro atoms. The Hall–Kier alpha value is -3.61. The molecule has 1 aromatic heterocycles. The Kier molecular flexibility index (Phi) is 9.26. The lowest BCUT2D eigenvalue weighted by atomic mass is 10.00. The molecule has 0 saturated carbocycles. The maximum absolute atomic E-state index is 13.0. The van der Waals surface area contributed by atoms with Gasteiger partial charge in [-0.25, -0.2) is 4.79 Å². The molecule has 214 valence electrons. The number of hydrogen-bond donors (Lipinski definition) is 3. The lowest BCUT2D eigenvalue weighted by Gasteiger charge is -2.33. The maximum atomic E-state index is 13.0. The molecule has 2 heterocycles. The fraction of sp³-hybridized carbons (Fsp3) is 0.538. The first-order valence-corrected chi connectivity index (χ1v) is 12.5. The highest BCUT2D eigenvalue weighted by Gasteiger charge is 2.32. The number of alkyl halides is 3. The van der Waals surface area contributed by atoms with Crippen molar-refractivity contribution in [2.45, 2.75) is 71.4 Å². The first-order valence-electron chi connectivity index (χ1n) is 12.5. The number of piperidine rings is 1. The van der Waals surface area contributed by atoms with Gasteiger partial charge in [-0.05, 0) is 70.8 Å². The zero-order chi connectivity index (χ0) is 29.0. The fourth-order valence-electron chi connectivity index (χ4n) is 4.37. The van der Waals surface area contributed by atoms with E-state index in [1.807, 2.05) is 20.8 Å². The topological polar surface area (TPSA) is 140 Å². The Bertz CT molecular complexity index is 1200. The van der Waals surface area contributed by atoms with Crippen LogP contribution in [0.25, 0.3) is 11.3 Å². The number of rotatable bonds is 8. The van der Waals surface area contributed by atoms with E-state index in [0.29, 0.717) is 36.1 Å². The van der Waals surface area contributed by atoms with E-state index in [0.717, 1.165) is 31.5 Å². The summed E-state index contributed by atoms with van der Waals surface area (Å²) in [5.74, 6) is -0.562. The van der Waals surface area contributed by atoms with Gasteiger partial charge < -0.3 is 30.5 Å². The zero-order valence-electron chi connectivity index (χ0n) is 22.4. The molecule has 1 saturated heterocycles. The Morgan fingerprint density at radius 1 is 1.23 bits per heavy atom. The van der Waals surface area contributed by atoms with Gasteiger partial charge in [0.05, 0.1) is 12.0 Å². The van der Waals surface area contributed by atoms with Crippen LogP contribution in [-0.2, 0) is 27.1 Å². The molecule has 3 rings (SSSR count). The number of esters is 1. The first-order chi connectivity index (χ1) is 18.1. The number of anilines is 1. The number of amides is 1. The third-order valence-electron chi connectivity index (χ3n) is 6.18. The number of hydrogen-bond acceptors (Lipinski definition) is 9. The van der Waals surface area contributed by atoms with Crippen molar-refractivity contribution in [3.05, 3.63) is 34.9 Å². The average molecular weight is 554 g/mol. The quantitative estimate of drug-likeness (QED) is 0.406.